The van der Waals surface area contributed by atoms with Gasteiger partial charge < -0.3 is 9.64 Å². The summed E-state index contributed by atoms with van der Waals surface area (Å²) in [5, 5.41) is 0. The molecule has 26 heavy (non-hydrogen) atoms. The SMILES string of the molecule is O=c1[nH]c(N2CCOCC2)nc2c1CCN(Cc1ccccc1F)CC2. The predicted molar refractivity (Wildman–Crippen MR) is 97.0 cm³/mol. The second kappa shape index (κ2) is 7.55. The van der Waals surface area contributed by atoms with Crippen LogP contribution in [-0.2, 0) is 24.1 Å². The Balaban J connectivity index is 1.51. The second-order valence-electron chi connectivity index (χ2n) is 6.78. The Labute approximate surface area is 151 Å². The van der Waals surface area contributed by atoms with Crippen LogP contribution in [0.2, 0.25) is 0 Å². The summed E-state index contributed by atoms with van der Waals surface area (Å²) in [5.74, 6) is 0.458. The molecule has 0 radical (unpaired) electrons. The fraction of sp³-hybridized carbons (Fsp3) is 0.474. The number of benzene rings is 1. The molecule has 1 saturated heterocycles. The third-order valence-electron chi connectivity index (χ3n) is 5.09. The van der Waals surface area contributed by atoms with E-state index in [2.05, 4.69) is 14.8 Å². The molecule has 1 fully saturated rings. The van der Waals surface area contributed by atoms with Gasteiger partial charge in [0.05, 0.1) is 18.9 Å². The van der Waals surface area contributed by atoms with Gasteiger partial charge in [0.25, 0.3) is 5.56 Å². The second-order valence-corrected chi connectivity index (χ2v) is 6.78. The molecule has 1 N–H and O–H groups in total. The lowest BCUT2D eigenvalue weighted by atomic mass is 10.1. The highest BCUT2D eigenvalue weighted by Gasteiger charge is 2.21. The van der Waals surface area contributed by atoms with Crippen LogP contribution in [0.5, 0.6) is 0 Å². The van der Waals surface area contributed by atoms with Crippen molar-refractivity contribution in [1.82, 2.24) is 14.9 Å². The first kappa shape index (κ1) is 17.2. The molecule has 0 unspecified atom stereocenters. The van der Waals surface area contributed by atoms with Crippen molar-refractivity contribution < 1.29 is 9.13 Å². The first-order valence-electron chi connectivity index (χ1n) is 9.11. The maximum atomic E-state index is 13.9. The highest BCUT2D eigenvalue weighted by Crippen LogP contribution is 2.17. The van der Waals surface area contributed by atoms with Crippen LogP contribution in [0, 0.1) is 5.82 Å². The molecule has 0 bridgehead atoms. The van der Waals surface area contributed by atoms with E-state index in [-0.39, 0.29) is 11.4 Å². The molecule has 0 amide bonds. The van der Waals surface area contributed by atoms with Gasteiger partial charge in [0.1, 0.15) is 5.82 Å². The number of morpholine rings is 1. The van der Waals surface area contributed by atoms with E-state index in [9.17, 15) is 9.18 Å². The number of hydrogen-bond donors (Lipinski definition) is 1. The lowest BCUT2D eigenvalue weighted by Gasteiger charge is -2.27. The van der Waals surface area contributed by atoms with Crippen LogP contribution in [0.15, 0.2) is 29.1 Å². The average Bonchev–Trinajstić information content (AvgIpc) is 2.87. The van der Waals surface area contributed by atoms with E-state index in [4.69, 9.17) is 9.72 Å². The van der Waals surface area contributed by atoms with Crippen molar-refractivity contribution in [3.63, 3.8) is 0 Å². The highest BCUT2D eigenvalue weighted by molar-refractivity contribution is 5.34. The molecule has 3 heterocycles. The molecule has 7 heteroatoms. The van der Waals surface area contributed by atoms with Crippen molar-refractivity contribution in [2.45, 2.75) is 19.4 Å². The number of aromatic amines is 1. The minimum Gasteiger partial charge on any atom is -0.378 e. The van der Waals surface area contributed by atoms with Crippen molar-refractivity contribution >= 4 is 5.95 Å². The Morgan fingerprint density at radius 3 is 2.69 bits per heavy atom. The Morgan fingerprint density at radius 1 is 1.12 bits per heavy atom. The van der Waals surface area contributed by atoms with Gasteiger partial charge in [-0.25, -0.2) is 9.37 Å². The van der Waals surface area contributed by atoms with Crippen LogP contribution in [-0.4, -0.2) is 54.3 Å². The van der Waals surface area contributed by atoms with E-state index >= 15 is 0 Å². The van der Waals surface area contributed by atoms with E-state index in [1.54, 1.807) is 6.07 Å². The number of nitrogens with one attached hydrogen (secondary N) is 1. The molecule has 1 aromatic carbocycles. The number of halogens is 1. The number of rotatable bonds is 3. The van der Waals surface area contributed by atoms with Gasteiger partial charge in [0.15, 0.2) is 0 Å². The molecule has 4 rings (SSSR count). The molecule has 0 saturated carbocycles. The zero-order valence-corrected chi connectivity index (χ0v) is 14.7. The van der Waals surface area contributed by atoms with Gasteiger partial charge in [-0.1, -0.05) is 18.2 Å². The maximum Gasteiger partial charge on any atom is 0.255 e. The van der Waals surface area contributed by atoms with Crippen molar-refractivity contribution in [2.24, 2.45) is 0 Å². The van der Waals surface area contributed by atoms with Crippen LogP contribution in [0.1, 0.15) is 16.8 Å². The van der Waals surface area contributed by atoms with E-state index in [1.165, 1.54) is 6.07 Å². The largest absolute Gasteiger partial charge is 0.378 e. The lowest BCUT2D eigenvalue weighted by molar-refractivity contribution is 0.122. The summed E-state index contributed by atoms with van der Waals surface area (Å²) in [7, 11) is 0. The molecule has 0 atom stereocenters. The molecule has 1 aromatic heterocycles. The van der Waals surface area contributed by atoms with Crippen LogP contribution in [0.4, 0.5) is 10.3 Å². The predicted octanol–water partition coefficient (Wildman–Crippen LogP) is 1.35. The average molecular weight is 358 g/mol. The fourth-order valence-electron chi connectivity index (χ4n) is 3.59. The smallest absolute Gasteiger partial charge is 0.255 e. The number of aromatic nitrogens is 2. The van der Waals surface area contributed by atoms with Gasteiger partial charge in [0, 0.05) is 50.3 Å². The number of fused-ring (bicyclic) bond motifs is 1. The Bertz CT molecular complexity index is 833. The third kappa shape index (κ3) is 3.64. The van der Waals surface area contributed by atoms with Gasteiger partial charge in [-0.05, 0) is 12.5 Å². The van der Waals surface area contributed by atoms with Crippen molar-refractivity contribution in [3.8, 4) is 0 Å². The minimum atomic E-state index is -0.181. The van der Waals surface area contributed by atoms with Crippen molar-refractivity contribution in [2.75, 3.05) is 44.3 Å². The Kier molecular flexibility index (Phi) is 4.99. The van der Waals surface area contributed by atoms with Crippen molar-refractivity contribution in [1.29, 1.82) is 0 Å². The minimum absolute atomic E-state index is 0.0516. The van der Waals surface area contributed by atoms with Crippen LogP contribution in [0.3, 0.4) is 0 Å². The van der Waals surface area contributed by atoms with E-state index in [1.807, 2.05) is 12.1 Å². The summed E-state index contributed by atoms with van der Waals surface area (Å²) >= 11 is 0. The van der Waals surface area contributed by atoms with Gasteiger partial charge in [-0.2, -0.15) is 0 Å². The molecule has 6 nitrogen and oxygen atoms in total. The molecule has 0 aliphatic carbocycles. The molecule has 2 aliphatic heterocycles. The molecular formula is C19H23FN4O2. The highest BCUT2D eigenvalue weighted by atomic mass is 19.1. The Morgan fingerprint density at radius 2 is 1.88 bits per heavy atom. The first-order valence-corrected chi connectivity index (χ1v) is 9.11. The van der Waals surface area contributed by atoms with Crippen LogP contribution in [0.25, 0.3) is 0 Å². The van der Waals surface area contributed by atoms with Gasteiger partial charge in [-0.3, -0.25) is 14.7 Å². The fourth-order valence-corrected chi connectivity index (χ4v) is 3.59. The summed E-state index contributed by atoms with van der Waals surface area (Å²) in [6.07, 6.45) is 1.33. The third-order valence-corrected chi connectivity index (χ3v) is 5.09. The number of hydrogen-bond acceptors (Lipinski definition) is 5. The summed E-state index contributed by atoms with van der Waals surface area (Å²) in [6, 6.07) is 6.86. The zero-order valence-electron chi connectivity index (χ0n) is 14.7. The number of anilines is 1. The van der Waals surface area contributed by atoms with E-state index in [0.717, 1.165) is 37.4 Å². The van der Waals surface area contributed by atoms with E-state index in [0.29, 0.717) is 44.1 Å². The van der Waals surface area contributed by atoms with Gasteiger partial charge in [-0.15, -0.1) is 0 Å². The first-order chi connectivity index (χ1) is 12.7. The van der Waals surface area contributed by atoms with Gasteiger partial charge in [0.2, 0.25) is 5.95 Å². The van der Waals surface area contributed by atoms with Crippen molar-refractivity contribution in [3.05, 3.63) is 57.3 Å². The molecule has 138 valence electrons. The summed E-state index contributed by atoms with van der Waals surface area (Å²) < 4.78 is 19.3. The summed E-state index contributed by atoms with van der Waals surface area (Å²) in [6.45, 7) is 4.81. The molecule has 0 spiro atoms. The lowest BCUT2D eigenvalue weighted by Crippen LogP contribution is -2.38. The normalized spacial score (nSPS) is 18.4. The van der Waals surface area contributed by atoms with Crippen LogP contribution < -0.4 is 10.5 Å². The Hall–Kier alpha value is -2.25. The molecular weight excluding hydrogens is 335 g/mol. The number of ether oxygens (including phenoxy) is 1. The quantitative estimate of drug-likeness (QED) is 0.897. The van der Waals surface area contributed by atoms with E-state index < -0.39 is 0 Å². The molecule has 2 aliphatic rings. The van der Waals surface area contributed by atoms with Crippen LogP contribution >= 0.6 is 0 Å². The molecule has 2 aromatic rings. The summed E-state index contributed by atoms with van der Waals surface area (Å²) in [5.41, 5.74) is 2.27. The summed E-state index contributed by atoms with van der Waals surface area (Å²) in [4.78, 5) is 24.5. The monoisotopic (exact) mass is 358 g/mol. The standard InChI is InChI=1S/C19H23FN4O2/c20-16-4-2-1-3-14(16)13-23-7-5-15-17(6-8-23)21-19(22-18(15)25)24-9-11-26-12-10-24/h1-4H,5-13H2,(H,21,22,25). The van der Waals surface area contributed by atoms with Gasteiger partial charge >= 0.3 is 0 Å². The number of H-pyrrole nitrogens is 1. The maximum absolute atomic E-state index is 13.9. The number of nitrogens with zero attached hydrogens (tertiary/aromatic N) is 3. The topological polar surface area (TPSA) is 61.5 Å². The zero-order chi connectivity index (χ0) is 17.9.